The Hall–Kier alpha value is 0.210. The van der Waals surface area contributed by atoms with Crippen LogP contribution < -0.4 is 5.32 Å². The number of aliphatic hydroxyl groups is 1. The summed E-state index contributed by atoms with van der Waals surface area (Å²) in [4.78, 5) is 0. The summed E-state index contributed by atoms with van der Waals surface area (Å²) in [6, 6.07) is 1.25. The highest BCUT2D eigenvalue weighted by Gasteiger charge is 2.29. The van der Waals surface area contributed by atoms with Crippen LogP contribution in [0.2, 0.25) is 0 Å². The topological polar surface area (TPSA) is 32.3 Å². The summed E-state index contributed by atoms with van der Waals surface area (Å²) in [5.74, 6) is 0. The molecule has 66 valence electrons. The van der Waals surface area contributed by atoms with E-state index >= 15 is 0 Å². The zero-order valence-corrected chi connectivity index (χ0v) is 7.44. The van der Waals surface area contributed by atoms with Gasteiger partial charge in [-0.1, -0.05) is 6.42 Å². The minimum Gasteiger partial charge on any atom is -0.393 e. The van der Waals surface area contributed by atoms with Crippen LogP contribution in [-0.4, -0.2) is 23.3 Å². The summed E-state index contributed by atoms with van der Waals surface area (Å²) in [5.41, 5.74) is 0. The van der Waals surface area contributed by atoms with Crippen molar-refractivity contribution in [2.75, 3.05) is 0 Å². The Morgan fingerprint density at radius 2 is 1.64 bits per heavy atom. The van der Waals surface area contributed by atoms with Crippen molar-refractivity contribution in [2.45, 2.75) is 50.3 Å². The lowest BCUT2D eigenvalue weighted by atomic mass is 9.85. The first-order chi connectivity index (χ1) is 4.84. The fraction of sp³-hybridized carbons (Fsp3) is 1.00. The third-order valence-corrected chi connectivity index (χ3v) is 2.69. The maximum Gasteiger partial charge on any atom is 0.0569 e. The first-order valence-corrected chi connectivity index (χ1v) is 4.29. The molecule has 2 rings (SSSR count). The van der Waals surface area contributed by atoms with E-state index in [0.29, 0.717) is 12.1 Å². The Bertz CT molecular complexity index is 115. The second-order valence-corrected chi connectivity index (χ2v) is 3.62. The standard InChI is InChI=1S/C8H15NO.ClH/c10-8-4-6-2-1-3-7(5-8)9-6;/h6-10H,1-5H2;1H/t6-,7?,8?;/m1./s1. The zero-order valence-electron chi connectivity index (χ0n) is 6.62. The molecule has 2 aliphatic rings. The molecule has 0 saturated carbocycles. The molecule has 2 N–H and O–H groups in total. The third kappa shape index (κ3) is 2.08. The van der Waals surface area contributed by atoms with Crippen LogP contribution in [0.4, 0.5) is 0 Å². The molecule has 3 heteroatoms. The van der Waals surface area contributed by atoms with E-state index in [1.807, 2.05) is 0 Å². The smallest absolute Gasteiger partial charge is 0.0569 e. The molecule has 3 atom stereocenters. The molecule has 2 saturated heterocycles. The number of rotatable bonds is 0. The molecule has 2 heterocycles. The van der Waals surface area contributed by atoms with Gasteiger partial charge in [0.15, 0.2) is 0 Å². The summed E-state index contributed by atoms with van der Waals surface area (Å²) in [6.45, 7) is 0. The van der Waals surface area contributed by atoms with E-state index in [1.54, 1.807) is 0 Å². The van der Waals surface area contributed by atoms with Crippen molar-refractivity contribution < 1.29 is 5.11 Å². The third-order valence-electron chi connectivity index (χ3n) is 2.69. The minimum absolute atomic E-state index is 0. The second-order valence-electron chi connectivity index (χ2n) is 3.62. The monoisotopic (exact) mass is 177 g/mol. The Morgan fingerprint density at radius 3 is 2.18 bits per heavy atom. The predicted octanol–water partition coefficient (Wildman–Crippen LogP) is 1.07. The van der Waals surface area contributed by atoms with Crippen molar-refractivity contribution in [1.82, 2.24) is 5.32 Å². The molecule has 2 unspecified atom stereocenters. The van der Waals surface area contributed by atoms with Crippen LogP contribution >= 0.6 is 12.4 Å². The molecule has 0 spiro atoms. The van der Waals surface area contributed by atoms with Gasteiger partial charge in [-0.15, -0.1) is 12.4 Å². The van der Waals surface area contributed by atoms with Gasteiger partial charge in [-0.3, -0.25) is 0 Å². The number of piperidine rings is 2. The second kappa shape index (κ2) is 3.74. The molecule has 11 heavy (non-hydrogen) atoms. The van der Waals surface area contributed by atoms with Crippen LogP contribution in [-0.2, 0) is 0 Å². The number of halogens is 1. The normalized spacial score (nSPS) is 42.8. The lowest BCUT2D eigenvalue weighted by molar-refractivity contribution is 0.0741. The summed E-state index contributed by atoms with van der Waals surface area (Å²) < 4.78 is 0. The van der Waals surface area contributed by atoms with Gasteiger partial charge in [0.05, 0.1) is 6.10 Å². The first kappa shape index (κ1) is 9.30. The van der Waals surface area contributed by atoms with Gasteiger partial charge in [-0.05, 0) is 25.7 Å². The molecule has 0 radical (unpaired) electrons. The first-order valence-electron chi connectivity index (χ1n) is 4.29. The summed E-state index contributed by atoms with van der Waals surface area (Å²) in [7, 11) is 0. The van der Waals surface area contributed by atoms with Crippen molar-refractivity contribution in [3.63, 3.8) is 0 Å². The molecule has 0 amide bonds. The average Bonchev–Trinajstić information content (AvgIpc) is 1.85. The number of hydrogen-bond acceptors (Lipinski definition) is 2. The number of aliphatic hydroxyl groups excluding tert-OH is 1. The van der Waals surface area contributed by atoms with Gasteiger partial charge in [0, 0.05) is 12.1 Å². The summed E-state index contributed by atoms with van der Waals surface area (Å²) in [6.07, 6.45) is 5.85. The molecule has 2 fully saturated rings. The average molecular weight is 178 g/mol. The molecular weight excluding hydrogens is 162 g/mol. The Kier molecular flexibility index (Phi) is 3.16. The number of hydrogen-bond donors (Lipinski definition) is 2. The van der Waals surface area contributed by atoms with Gasteiger partial charge >= 0.3 is 0 Å². The highest BCUT2D eigenvalue weighted by molar-refractivity contribution is 5.85. The van der Waals surface area contributed by atoms with E-state index in [2.05, 4.69) is 5.32 Å². The molecule has 0 aliphatic carbocycles. The lowest BCUT2D eigenvalue weighted by Gasteiger charge is -2.38. The largest absolute Gasteiger partial charge is 0.393 e. The minimum atomic E-state index is -0.0171. The Morgan fingerprint density at radius 1 is 1.09 bits per heavy atom. The van der Waals surface area contributed by atoms with Crippen molar-refractivity contribution >= 4 is 12.4 Å². The van der Waals surface area contributed by atoms with Gasteiger partial charge in [0.1, 0.15) is 0 Å². The van der Waals surface area contributed by atoms with Crippen LogP contribution in [0.1, 0.15) is 32.1 Å². The zero-order chi connectivity index (χ0) is 6.97. The number of nitrogens with one attached hydrogen (secondary N) is 1. The van der Waals surface area contributed by atoms with Gasteiger partial charge in [-0.2, -0.15) is 0 Å². The molecule has 2 aliphatic heterocycles. The van der Waals surface area contributed by atoms with E-state index < -0.39 is 0 Å². The fourth-order valence-corrected chi connectivity index (χ4v) is 2.24. The van der Waals surface area contributed by atoms with Gasteiger partial charge in [0.25, 0.3) is 0 Å². The van der Waals surface area contributed by atoms with Gasteiger partial charge in [0.2, 0.25) is 0 Å². The van der Waals surface area contributed by atoms with Gasteiger partial charge in [-0.25, -0.2) is 0 Å². The van der Waals surface area contributed by atoms with E-state index in [1.165, 1.54) is 19.3 Å². The van der Waals surface area contributed by atoms with Crippen LogP contribution in [0, 0.1) is 0 Å². The molecule has 0 aromatic rings. The predicted molar refractivity (Wildman–Crippen MR) is 47.1 cm³/mol. The highest BCUT2D eigenvalue weighted by atomic mass is 35.5. The fourth-order valence-electron chi connectivity index (χ4n) is 2.24. The van der Waals surface area contributed by atoms with Gasteiger partial charge < -0.3 is 10.4 Å². The maximum atomic E-state index is 9.38. The summed E-state index contributed by atoms with van der Waals surface area (Å²) in [5, 5.41) is 12.9. The number of fused-ring (bicyclic) bond motifs is 2. The maximum absolute atomic E-state index is 9.38. The lowest BCUT2D eigenvalue weighted by Crippen LogP contribution is -2.50. The Balaban J connectivity index is 0.000000605. The van der Waals surface area contributed by atoms with Crippen LogP contribution in [0.3, 0.4) is 0 Å². The Labute approximate surface area is 73.8 Å². The highest BCUT2D eigenvalue weighted by Crippen LogP contribution is 2.25. The summed E-state index contributed by atoms with van der Waals surface area (Å²) >= 11 is 0. The van der Waals surface area contributed by atoms with Crippen LogP contribution in [0.5, 0.6) is 0 Å². The molecule has 2 nitrogen and oxygen atoms in total. The van der Waals surface area contributed by atoms with Crippen molar-refractivity contribution in [3.05, 3.63) is 0 Å². The van der Waals surface area contributed by atoms with E-state index in [0.717, 1.165) is 12.8 Å². The molecule has 2 bridgehead atoms. The van der Waals surface area contributed by atoms with E-state index in [4.69, 9.17) is 0 Å². The van der Waals surface area contributed by atoms with Crippen molar-refractivity contribution in [3.8, 4) is 0 Å². The van der Waals surface area contributed by atoms with Crippen LogP contribution in [0.25, 0.3) is 0 Å². The van der Waals surface area contributed by atoms with Crippen molar-refractivity contribution in [1.29, 1.82) is 0 Å². The van der Waals surface area contributed by atoms with Crippen LogP contribution in [0.15, 0.2) is 0 Å². The SMILES string of the molecule is Cl.OC1CC2CCC[C@H](C1)N2. The van der Waals surface area contributed by atoms with Crippen molar-refractivity contribution in [2.24, 2.45) is 0 Å². The van der Waals surface area contributed by atoms with E-state index in [-0.39, 0.29) is 18.5 Å². The quantitative estimate of drug-likeness (QED) is 0.581. The van der Waals surface area contributed by atoms with E-state index in [9.17, 15) is 5.11 Å². The molecule has 0 aromatic heterocycles. The molecular formula is C8H16ClNO. The molecule has 0 aromatic carbocycles.